The van der Waals surface area contributed by atoms with E-state index in [-0.39, 0.29) is 11.9 Å². The number of rotatable bonds is 2. The molecule has 0 aromatic carbocycles. The number of nitrogens with two attached hydrogens (primary N) is 1. The van der Waals surface area contributed by atoms with Crippen molar-refractivity contribution in [3.63, 3.8) is 0 Å². The molecule has 0 radical (unpaired) electrons. The first kappa shape index (κ1) is 11.1. The molecular weight excluding hydrogens is 204 g/mol. The van der Waals surface area contributed by atoms with Gasteiger partial charge in [0.25, 0.3) is 5.91 Å². The lowest BCUT2D eigenvalue weighted by atomic mass is 9.92. The first-order valence-electron chi connectivity index (χ1n) is 5.69. The van der Waals surface area contributed by atoms with Gasteiger partial charge in [0.05, 0.1) is 6.33 Å². The first-order chi connectivity index (χ1) is 7.65. The van der Waals surface area contributed by atoms with Gasteiger partial charge in [0.1, 0.15) is 5.69 Å². The largest absolute Gasteiger partial charge is 0.348 e. The molecule has 5 heteroatoms. The number of nitrogens with one attached hydrogen (secondary N) is 1. The molecule has 1 heterocycles. The van der Waals surface area contributed by atoms with E-state index in [0.717, 1.165) is 25.7 Å². The van der Waals surface area contributed by atoms with Gasteiger partial charge in [-0.15, -0.1) is 0 Å². The summed E-state index contributed by atoms with van der Waals surface area (Å²) in [4.78, 5) is 15.8. The summed E-state index contributed by atoms with van der Waals surface area (Å²) in [6.07, 6.45) is 7.29. The van der Waals surface area contributed by atoms with Crippen molar-refractivity contribution >= 4 is 5.91 Å². The van der Waals surface area contributed by atoms with Crippen LogP contribution in [0.1, 0.15) is 36.2 Å². The molecule has 1 aromatic heterocycles. The zero-order valence-corrected chi connectivity index (χ0v) is 9.52. The molecule has 0 saturated heterocycles. The third-order valence-electron chi connectivity index (χ3n) is 3.04. The van der Waals surface area contributed by atoms with Gasteiger partial charge >= 0.3 is 0 Å². The molecule has 0 unspecified atom stereocenters. The molecule has 1 aliphatic carbocycles. The van der Waals surface area contributed by atoms with Crippen LogP contribution < -0.4 is 11.1 Å². The summed E-state index contributed by atoms with van der Waals surface area (Å²) >= 11 is 0. The zero-order valence-electron chi connectivity index (χ0n) is 9.52. The van der Waals surface area contributed by atoms with Gasteiger partial charge in [0, 0.05) is 25.3 Å². The molecule has 0 atom stereocenters. The van der Waals surface area contributed by atoms with Crippen molar-refractivity contribution < 1.29 is 4.79 Å². The lowest BCUT2D eigenvalue weighted by Gasteiger charge is -2.26. The quantitative estimate of drug-likeness (QED) is 0.761. The third kappa shape index (κ3) is 2.61. The second-order valence-corrected chi connectivity index (χ2v) is 4.51. The Bertz CT molecular complexity index is 366. The molecule has 2 rings (SSSR count). The molecule has 0 spiro atoms. The number of hydrogen-bond donors (Lipinski definition) is 2. The molecule has 1 amide bonds. The van der Waals surface area contributed by atoms with Crippen LogP contribution in [-0.4, -0.2) is 27.5 Å². The highest BCUT2D eigenvalue weighted by Gasteiger charge is 2.21. The molecule has 0 bridgehead atoms. The van der Waals surface area contributed by atoms with Crippen LogP contribution in [0.15, 0.2) is 12.5 Å². The molecule has 16 heavy (non-hydrogen) atoms. The van der Waals surface area contributed by atoms with E-state index in [1.54, 1.807) is 17.1 Å². The highest BCUT2D eigenvalue weighted by Crippen LogP contribution is 2.17. The minimum Gasteiger partial charge on any atom is -0.348 e. The summed E-state index contributed by atoms with van der Waals surface area (Å²) in [6, 6.07) is 0.567. The van der Waals surface area contributed by atoms with Gasteiger partial charge in [0.15, 0.2) is 0 Å². The van der Waals surface area contributed by atoms with Crippen molar-refractivity contribution in [1.29, 1.82) is 0 Å². The van der Waals surface area contributed by atoms with Gasteiger partial charge in [-0.1, -0.05) is 0 Å². The van der Waals surface area contributed by atoms with Gasteiger partial charge in [-0.2, -0.15) is 0 Å². The van der Waals surface area contributed by atoms with Crippen molar-refractivity contribution in [2.45, 2.75) is 37.8 Å². The van der Waals surface area contributed by atoms with Crippen LogP contribution in [0.4, 0.5) is 0 Å². The number of carbonyl (C=O) groups excluding carboxylic acids is 1. The Kier molecular flexibility index (Phi) is 3.24. The summed E-state index contributed by atoms with van der Waals surface area (Å²) < 4.78 is 1.77. The predicted molar refractivity (Wildman–Crippen MR) is 60.9 cm³/mol. The average molecular weight is 222 g/mol. The third-order valence-corrected chi connectivity index (χ3v) is 3.04. The fraction of sp³-hybridized carbons (Fsp3) is 0.636. The molecule has 1 aliphatic rings. The lowest BCUT2D eigenvalue weighted by Crippen LogP contribution is -2.40. The van der Waals surface area contributed by atoms with Gasteiger partial charge < -0.3 is 15.6 Å². The van der Waals surface area contributed by atoms with Crippen LogP contribution >= 0.6 is 0 Å². The Morgan fingerprint density at radius 2 is 2.19 bits per heavy atom. The Morgan fingerprint density at radius 3 is 2.75 bits per heavy atom. The van der Waals surface area contributed by atoms with E-state index in [9.17, 15) is 4.79 Å². The van der Waals surface area contributed by atoms with E-state index < -0.39 is 0 Å². The molecule has 3 N–H and O–H groups in total. The Labute approximate surface area is 95.0 Å². The highest BCUT2D eigenvalue weighted by molar-refractivity contribution is 5.92. The standard InChI is InChI=1S/C11H18N4O/c1-15-6-10(13-7-15)11(16)14-9-4-2-8(12)3-5-9/h6-9H,2-5,12H2,1H3,(H,14,16). The van der Waals surface area contributed by atoms with E-state index in [1.165, 1.54) is 0 Å². The summed E-state index contributed by atoms with van der Waals surface area (Å²) in [7, 11) is 1.85. The summed E-state index contributed by atoms with van der Waals surface area (Å²) in [5.74, 6) is -0.0823. The molecule has 1 aromatic rings. The van der Waals surface area contributed by atoms with Crippen LogP contribution in [0.3, 0.4) is 0 Å². The number of hydrogen-bond acceptors (Lipinski definition) is 3. The van der Waals surface area contributed by atoms with Gasteiger partial charge in [-0.3, -0.25) is 4.79 Å². The minimum absolute atomic E-state index is 0.0823. The summed E-state index contributed by atoms with van der Waals surface area (Å²) in [6.45, 7) is 0. The van der Waals surface area contributed by atoms with Crippen LogP contribution in [0.5, 0.6) is 0 Å². The van der Waals surface area contributed by atoms with Crippen LogP contribution in [0, 0.1) is 0 Å². The average Bonchev–Trinajstić information content (AvgIpc) is 2.68. The molecule has 5 nitrogen and oxygen atoms in total. The highest BCUT2D eigenvalue weighted by atomic mass is 16.2. The SMILES string of the molecule is Cn1cnc(C(=O)NC2CCC(N)CC2)c1. The van der Waals surface area contributed by atoms with Gasteiger partial charge in [-0.05, 0) is 25.7 Å². The van der Waals surface area contributed by atoms with Crippen LogP contribution in [0.25, 0.3) is 0 Å². The molecule has 0 aliphatic heterocycles. The predicted octanol–water partition coefficient (Wildman–Crippen LogP) is 0.420. The topological polar surface area (TPSA) is 72.9 Å². The van der Waals surface area contributed by atoms with Crippen LogP contribution in [-0.2, 0) is 7.05 Å². The van der Waals surface area contributed by atoms with Gasteiger partial charge in [0.2, 0.25) is 0 Å². The Balaban J connectivity index is 1.88. The number of aryl methyl sites for hydroxylation is 1. The minimum atomic E-state index is -0.0823. The lowest BCUT2D eigenvalue weighted by molar-refractivity contribution is 0.0921. The fourth-order valence-corrected chi connectivity index (χ4v) is 2.05. The maximum Gasteiger partial charge on any atom is 0.271 e. The molecule has 1 fully saturated rings. The summed E-state index contributed by atoms with van der Waals surface area (Å²) in [5.41, 5.74) is 6.30. The van der Waals surface area contributed by atoms with E-state index in [1.807, 2.05) is 7.05 Å². The van der Waals surface area contributed by atoms with Crippen molar-refractivity contribution in [2.75, 3.05) is 0 Å². The maximum absolute atomic E-state index is 11.8. The van der Waals surface area contributed by atoms with Crippen molar-refractivity contribution in [3.05, 3.63) is 18.2 Å². The van der Waals surface area contributed by atoms with Gasteiger partial charge in [-0.25, -0.2) is 4.98 Å². The van der Waals surface area contributed by atoms with Crippen molar-refractivity contribution in [3.8, 4) is 0 Å². The fourth-order valence-electron chi connectivity index (χ4n) is 2.05. The second-order valence-electron chi connectivity index (χ2n) is 4.51. The normalized spacial score (nSPS) is 25.4. The number of carbonyl (C=O) groups is 1. The van der Waals surface area contributed by atoms with E-state index in [4.69, 9.17) is 5.73 Å². The van der Waals surface area contributed by atoms with Crippen molar-refractivity contribution in [1.82, 2.24) is 14.9 Å². The van der Waals surface area contributed by atoms with Crippen LogP contribution in [0.2, 0.25) is 0 Å². The van der Waals surface area contributed by atoms with Crippen molar-refractivity contribution in [2.24, 2.45) is 12.8 Å². The second kappa shape index (κ2) is 4.65. The maximum atomic E-state index is 11.8. The number of amides is 1. The molecule has 88 valence electrons. The zero-order chi connectivity index (χ0) is 11.5. The Morgan fingerprint density at radius 1 is 1.50 bits per heavy atom. The van der Waals surface area contributed by atoms with E-state index >= 15 is 0 Å². The number of nitrogens with zero attached hydrogens (tertiary/aromatic N) is 2. The smallest absolute Gasteiger partial charge is 0.271 e. The monoisotopic (exact) mass is 222 g/mol. The van der Waals surface area contributed by atoms with E-state index in [2.05, 4.69) is 10.3 Å². The number of imidazole rings is 1. The Hall–Kier alpha value is -1.36. The van der Waals surface area contributed by atoms with E-state index in [0.29, 0.717) is 11.7 Å². The number of aromatic nitrogens is 2. The first-order valence-corrected chi connectivity index (χ1v) is 5.69. The molecule has 1 saturated carbocycles. The molecular formula is C11H18N4O. The summed E-state index contributed by atoms with van der Waals surface area (Å²) in [5, 5.41) is 3.00.